The van der Waals surface area contributed by atoms with E-state index >= 15 is 0 Å². The number of hydrogen-bond donors (Lipinski definition) is 2. The van der Waals surface area contributed by atoms with Crippen molar-refractivity contribution < 1.29 is 14.4 Å². The Bertz CT molecular complexity index is 762. The molecule has 2 N–H and O–H groups in total. The number of nitrogens with zero attached hydrogens (tertiary/aromatic N) is 1. The molecule has 1 aliphatic rings. The quantitative estimate of drug-likeness (QED) is 0.645. The van der Waals surface area contributed by atoms with Gasteiger partial charge in [-0.1, -0.05) is 30.3 Å². The second-order valence-corrected chi connectivity index (χ2v) is 6.23. The summed E-state index contributed by atoms with van der Waals surface area (Å²) in [6.45, 7) is -0.171. The van der Waals surface area contributed by atoms with E-state index in [2.05, 4.69) is 22.9 Å². The molecule has 122 valence electrons. The number of carbonyl (C=O) groups excluding carboxylic acids is 3. The number of imide groups is 1. The van der Waals surface area contributed by atoms with E-state index in [0.717, 1.165) is 15.7 Å². The molecule has 0 atom stereocenters. The van der Waals surface area contributed by atoms with Gasteiger partial charge in [-0.3, -0.25) is 20.3 Å². The van der Waals surface area contributed by atoms with Gasteiger partial charge >= 0.3 is 6.03 Å². The average Bonchev–Trinajstić information content (AvgIpc) is 2.91. The third-order valence-corrected chi connectivity index (χ3v) is 4.48. The number of benzene rings is 2. The van der Waals surface area contributed by atoms with Gasteiger partial charge in [0.1, 0.15) is 6.54 Å². The summed E-state index contributed by atoms with van der Waals surface area (Å²) in [5.41, 5.74) is 4.06. The molecule has 3 rings (SSSR count). The van der Waals surface area contributed by atoms with Crippen LogP contribution in [0.15, 0.2) is 59.5 Å². The Kier molecular flexibility index (Phi) is 4.81. The number of hydrazine groups is 1. The van der Waals surface area contributed by atoms with E-state index in [9.17, 15) is 14.4 Å². The molecular formula is C17H15N3O3S. The van der Waals surface area contributed by atoms with Crippen molar-refractivity contribution in [3.8, 4) is 0 Å². The molecule has 1 heterocycles. The molecule has 0 radical (unpaired) electrons. The van der Waals surface area contributed by atoms with Crippen molar-refractivity contribution in [2.75, 3.05) is 6.54 Å². The van der Waals surface area contributed by atoms with Crippen molar-refractivity contribution in [1.29, 1.82) is 0 Å². The highest BCUT2D eigenvalue weighted by Crippen LogP contribution is 2.23. The van der Waals surface area contributed by atoms with Gasteiger partial charge in [0, 0.05) is 16.2 Å². The minimum absolute atomic E-state index is 0.171. The lowest BCUT2D eigenvalue weighted by atomic mass is 10.2. The van der Waals surface area contributed by atoms with Gasteiger partial charge in [0.05, 0.1) is 0 Å². The van der Waals surface area contributed by atoms with Crippen molar-refractivity contribution >= 4 is 29.6 Å². The van der Waals surface area contributed by atoms with E-state index in [-0.39, 0.29) is 6.54 Å². The molecule has 4 amide bonds. The van der Waals surface area contributed by atoms with E-state index < -0.39 is 17.8 Å². The van der Waals surface area contributed by atoms with Gasteiger partial charge in [-0.25, -0.2) is 9.80 Å². The van der Waals surface area contributed by atoms with Crippen molar-refractivity contribution in [2.45, 2.75) is 10.6 Å². The predicted octanol–water partition coefficient (Wildman–Crippen LogP) is 2.18. The lowest BCUT2D eigenvalue weighted by Crippen LogP contribution is -2.44. The SMILES string of the molecule is O=C1CN(NC(=O)c2ccc(SCc3ccccc3)cc2)C(=O)N1. The van der Waals surface area contributed by atoms with Crippen molar-refractivity contribution in [3.05, 3.63) is 65.7 Å². The second kappa shape index (κ2) is 7.18. The molecule has 1 aliphatic heterocycles. The van der Waals surface area contributed by atoms with Gasteiger partial charge in [0.15, 0.2) is 0 Å². The molecular weight excluding hydrogens is 326 g/mol. The first-order valence-corrected chi connectivity index (χ1v) is 8.29. The van der Waals surface area contributed by atoms with E-state index in [0.29, 0.717) is 5.56 Å². The maximum atomic E-state index is 12.1. The van der Waals surface area contributed by atoms with Crippen molar-refractivity contribution in [2.24, 2.45) is 0 Å². The number of thioether (sulfide) groups is 1. The fourth-order valence-electron chi connectivity index (χ4n) is 2.16. The predicted molar refractivity (Wildman–Crippen MR) is 90.2 cm³/mol. The standard InChI is InChI=1S/C17H15N3O3S/c21-15-10-20(17(23)18-15)19-16(22)13-6-8-14(9-7-13)24-11-12-4-2-1-3-5-12/h1-9H,10-11H2,(H,19,22)(H,18,21,23). The lowest BCUT2D eigenvalue weighted by molar-refractivity contribution is -0.118. The summed E-state index contributed by atoms with van der Waals surface area (Å²) in [4.78, 5) is 35.6. The Balaban J connectivity index is 1.56. The molecule has 2 aromatic rings. The summed E-state index contributed by atoms with van der Waals surface area (Å²) in [6, 6.07) is 16.6. The fourth-order valence-corrected chi connectivity index (χ4v) is 3.02. The molecule has 7 heteroatoms. The molecule has 24 heavy (non-hydrogen) atoms. The molecule has 0 aromatic heterocycles. The van der Waals surface area contributed by atoms with Crippen molar-refractivity contribution in [3.63, 3.8) is 0 Å². The van der Waals surface area contributed by atoms with Crippen molar-refractivity contribution in [1.82, 2.24) is 15.8 Å². The van der Waals surface area contributed by atoms with Gasteiger partial charge in [0.2, 0.25) is 5.91 Å². The largest absolute Gasteiger partial charge is 0.343 e. The molecule has 0 saturated carbocycles. The number of carbonyl (C=O) groups is 3. The van der Waals surface area contributed by atoms with Gasteiger partial charge in [0.25, 0.3) is 5.91 Å². The third kappa shape index (κ3) is 3.94. The highest BCUT2D eigenvalue weighted by molar-refractivity contribution is 7.98. The minimum atomic E-state index is -0.622. The van der Waals surface area contributed by atoms with Crippen LogP contribution in [0.3, 0.4) is 0 Å². The molecule has 6 nitrogen and oxygen atoms in total. The molecule has 0 aliphatic carbocycles. The number of amides is 4. The second-order valence-electron chi connectivity index (χ2n) is 5.18. The van der Waals surface area contributed by atoms with Crippen LogP contribution in [0.2, 0.25) is 0 Å². The number of hydrogen-bond acceptors (Lipinski definition) is 4. The van der Waals surface area contributed by atoms with Gasteiger partial charge in [-0.2, -0.15) is 0 Å². The zero-order chi connectivity index (χ0) is 16.9. The van der Waals surface area contributed by atoms with Crippen LogP contribution in [-0.4, -0.2) is 29.4 Å². The summed E-state index contributed by atoms with van der Waals surface area (Å²) in [6.07, 6.45) is 0. The van der Waals surface area contributed by atoms with Gasteiger partial charge < -0.3 is 0 Å². The molecule has 0 spiro atoms. The topological polar surface area (TPSA) is 78.5 Å². The van der Waals surface area contributed by atoms with E-state index in [1.54, 1.807) is 23.9 Å². The zero-order valence-electron chi connectivity index (χ0n) is 12.7. The highest BCUT2D eigenvalue weighted by Gasteiger charge is 2.28. The summed E-state index contributed by atoms with van der Waals surface area (Å²) < 4.78 is 0. The molecule has 0 unspecified atom stereocenters. The highest BCUT2D eigenvalue weighted by atomic mass is 32.2. The van der Waals surface area contributed by atoms with Crippen LogP contribution >= 0.6 is 11.8 Å². The smallest absolute Gasteiger partial charge is 0.275 e. The van der Waals surface area contributed by atoms with Crippen LogP contribution in [0, 0.1) is 0 Å². The van der Waals surface area contributed by atoms with E-state index in [4.69, 9.17) is 0 Å². The molecule has 1 fully saturated rings. The normalized spacial score (nSPS) is 13.8. The summed E-state index contributed by atoms with van der Waals surface area (Å²) in [5, 5.41) is 3.06. The number of nitrogens with one attached hydrogen (secondary N) is 2. The summed E-state index contributed by atoms with van der Waals surface area (Å²) in [5.74, 6) is -0.0185. The van der Waals surface area contributed by atoms with E-state index in [1.165, 1.54) is 5.56 Å². The van der Waals surface area contributed by atoms with Crippen LogP contribution in [0.4, 0.5) is 4.79 Å². The zero-order valence-corrected chi connectivity index (χ0v) is 13.5. The van der Waals surface area contributed by atoms with E-state index in [1.807, 2.05) is 30.3 Å². The van der Waals surface area contributed by atoms with Crippen LogP contribution in [0.1, 0.15) is 15.9 Å². The van der Waals surface area contributed by atoms with Crippen LogP contribution in [0.25, 0.3) is 0 Å². The maximum absolute atomic E-state index is 12.1. The molecule has 1 saturated heterocycles. The Labute approximate surface area is 143 Å². The Morgan fingerprint density at radius 2 is 1.79 bits per heavy atom. The summed E-state index contributed by atoms with van der Waals surface area (Å²) >= 11 is 1.68. The first-order chi connectivity index (χ1) is 11.6. The monoisotopic (exact) mass is 341 g/mol. The van der Waals surface area contributed by atoms with Crippen LogP contribution in [-0.2, 0) is 10.5 Å². The molecule has 2 aromatic carbocycles. The summed E-state index contributed by atoms with van der Waals surface area (Å²) in [7, 11) is 0. The third-order valence-electron chi connectivity index (χ3n) is 3.39. The average molecular weight is 341 g/mol. The molecule has 0 bridgehead atoms. The first-order valence-electron chi connectivity index (χ1n) is 7.31. The Morgan fingerprint density at radius 3 is 2.42 bits per heavy atom. The number of rotatable bonds is 5. The number of urea groups is 1. The Morgan fingerprint density at radius 1 is 1.08 bits per heavy atom. The van der Waals surface area contributed by atoms with Crippen LogP contribution < -0.4 is 10.7 Å². The first kappa shape index (κ1) is 16.1. The lowest BCUT2D eigenvalue weighted by Gasteiger charge is -2.14. The Hall–Kier alpha value is -2.80. The maximum Gasteiger partial charge on any atom is 0.343 e. The minimum Gasteiger partial charge on any atom is -0.275 e. The fraction of sp³-hybridized carbons (Fsp3) is 0.118. The van der Waals surface area contributed by atoms with Gasteiger partial charge in [-0.15, -0.1) is 11.8 Å². The van der Waals surface area contributed by atoms with Gasteiger partial charge in [-0.05, 0) is 29.8 Å². The van der Waals surface area contributed by atoms with Crippen LogP contribution in [0.5, 0.6) is 0 Å².